The SMILES string of the molecule is O=C(Nc1ccccc1C(F)(F)F)c1ccc(N2C(=O)[C@H]3[C@H]4CC[C@@H](C4)[C@@H]3C2=O)cc1. The molecule has 2 aromatic rings. The fourth-order valence-corrected chi connectivity index (χ4v) is 5.46. The first-order valence-corrected chi connectivity index (χ1v) is 10.2. The van der Waals surface area contributed by atoms with Crippen LogP contribution in [0.5, 0.6) is 0 Å². The fourth-order valence-electron chi connectivity index (χ4n) is 5.46. The van der Waals surface area contributed by atoms with Crippen LogP contribution in [0, 0.1) is 23.7 Å². The predicted octanol–water partition coefficient (Wildman–Crippen LogP) is 4.49. The summed E-state index contributed by atoms with van der Waals surface area (Å²) in [5.41, 5.74) is -0.761. The quantitative estimate of drug-likeness (QED) is 0.733. The average molecular weight is 428 g/mol. The molecule has 5 rings (SSSR count). The van der Waals surface area contributed by atoms with Gasteiger partial charge in [0.2, 0.25) is 11.8 Å². The summed E-state index contributed by atoms with van der Waals surface area (Å²) < 4.78 is 39.4. The first-order chi connectivity index (χ1) is 14.8. The van der Waals surface area contributed by atoms with Crippen LogP contribution in [0.1, 0.15) is 35.2 Å². The molecule has 3 amide bonds. The van der Waals surface area contributed by atoms with Gasteiger partial charge >= 0.3 is 6.18 Å². The van der Waals surface area contributed by atoms with E-state index in [1.165, 1.54) is 47.4 Å². The Hall–Kier alpha value is -3.16. The maximum atomic E-state index is 13.1. The lowest BCUT2D eigenvalue weighted by Gasteiger charge is -2.19. The number of fused-ring (bicyclic) bond motifs is 5. The Balaban J connectivity index is 1.35. The van der Waals surface area contributed by atoms with E-state index in [0.29, 0.717) is 5.69 Å². The van der Waals surface area contributed by atoms with E-state index >= 15 is 0 Å². The lowest BCUT2D eigenvalue weighted by atomic mass is 9.81. The van der Waals surface area contributed by atoms with Gasteiger partial charge in [0.15, 0.2) is 0 Å². The lowest BCUT2D eigenvalue weighted by Crippen LogP contribution is -2.32. The molecule has 0 unspecified atom stereocenters. The summed E-state index contributed by atoms with van der Waals surface area (Å²) in [4.78, 5) is 39.5. The van der Waals surface area contributed by atoms with Gasteiger partial charge in [-0.3, -0.25) is 19.3 Å². The van der Waals surface area contributed by atoms with Gasteiger partial charge in [-0.05, 0) is 67.5 Å². The number of carbonyl (C=O) groups is 3. The van der Waals surface area contributed by atoms with Crippen LogP contribution in [0.3, 0.4) is 0 Å². The summed E-state index contributed by atoms with van der Waals surface area (Å²) in [5, 5.41) is 2.29. The smallest absolute Gasteiger partial charge is 0.321 e. The van der Waals surface area contributed by atoms with E-state index in [4.69, 9.17) is 0 Å². The molecule has 0 aromatic heterocycles. The van der Waals surface area contributed by atoms with Crippen molar-refractivity contribution in [3.8, 4) is 0 Å². The van der Waals surface area contributed by atoms with E-state index in [1.807, 2.05) is 0 Å². The number of halogens is 3. The third kappa shape index (κ3) is 3.12. The highest BCUT2D eigenvalue weighted by atomic mass is 19.4. The summed E-state index contributed by atoms with van der Waals surface area (Å²) in [6.45, 7) is 0. The number of nitrogens with zero attached hydrogens (tertiary/aromatic N) is 1. The van der Waals surface area contributed by atoms with Crippen molar-refractivity contribution in [3.05, 3.63) is 59.7 Å². The third-order valence-corrected chi connectivity index (χ3v) is 6.80. The third-order valence-electron chi connectivity index (χ3n) is 6.80. The highest BCUT2D eigenvalue weighted by molar-refractivity contribution is 6.22. The molecule has 1 saturated heterocycles. The molecule has 4 atom stereocenters. The number of para-hydroxylation sites is 1. The van der Waals surface area contributed by atoms with Crippen LogP contribution >= 0.6 is 0 Å². The zero-order chi connectivity index (χ0) is 21.9. The van der Waals surface area contributed by atoms with Crippen LogP contribution in [0.15, 0.2) is 48.5 Å². The predicted molar refractivity (Wildman–Crippen MR) is 106 cm³/mol. The molecule has 1 N–H and O–H groups in total. The Bertz CT molecular complexity index is 1050. The van der Waals surface area contributed by atoms with E-state index in [0.717, 1.165) is 25.3 Å². The first-order valence-electron chi connectivity index (χ1n) is 10.2. The molecule has 1 heterocycles. The van der Waals surface area contributed by atoms with Crippen LogP contribution in [-0.2, 0) is 15.8 Å². The van der Waals surface area contributed by atoms with Crippen molar-refractivity contribution in [1.82, 2.24) is 0 Å². The number of hydrogen-bond donors (Lipinski definition) is 1. The number of hydrogen-bond acceptors (Lipinski definition) is 3. The number of amides is 3. The van der Waals surface area contributed by atoms with Gasteiger partial charge in [0, 0.05) is 5.56 Å². The van der Waals surface area contributed by atoms with E-state index in [2.05, 4.69) is 5.32 Å². The zero-order valence-corrected chi connectivity index (χ0v) is 16.4. The van der Waals surface area contributed by atoms with Gasteiger partial charge < -0.3 is 5.32 Å². The molecular formula is C23H19F3N2O3. The minimum absolute atomic E-state index is 0.125. The number of nitrogens with one attached hydrogen (secondary N) is 1. The van der Waals surface area contributed by atoms with Crippen molar-refractivity contribution in [2.75, 3.05) is 10.2 Å². The number of alkyl halides is 3. The molecule has 2 bridgehead atoms. The Morgan fingerprint density at radius 2 is 1.48 bits per heavy atom. The first kappa shape index (κ1) is 19.8. The molecule has 1 aliphatic heterocycles. The minimum Gasteiger partial charge on any atom is -0.321 e. The van der Waals surface area contributed by atoms with Gasteiger partial charge in [-0.25, -0.2) is 0 Å². The molecule has 8 heteroatoms. The molecule has 2 aliphatic carbocycles. The van der Waals surface area contributed by atoms with Crippen molar-refractivity contribution in [2.24, 2.45) is 23.7 Å². The maximum Gasteiger partial charge on any atom is 0.418 e. The summed E-state index contributed by atoms with van der Waals surface area (Å²) in [5.74, 6) is -1.01. The molecular weight excluding hydrogens is 409 g/mol. The van der Waals surface area contributed by atoms with Gasteiger partial charge in [0.25, 0.3) is 5.91 Å². The number of carbonyl (C=O) groups excluding carboxylic acids is 3. The Morgan fingerprint density at radius 3 is 2.06 bits per heavy atom. The Labute approximate surface area is 176 Å². The van der Waals surface area contributed by atoms with Crippen LogP contribution in [0.2, 0.25) is 0 Å². The molecule has 5 nitrogen and oxygen atoms in total. The standard InChI is InChI=1S/C23H19F3N2O3/c24-23(25,26)16-3-1-2-4-17(16)27-20(29)12-7-9-15(10-8-12)28-21(30)18-13-5-6-14(11-13)19(18)22(28)31/h1-4,7-10,13-14,18-19H,5-6,11H2,(H,27,29)/t13-,14-,18-,19-/m0/s1. The summed E-state index contributed by atoms with van der Waals surface area (Å²) >= 11 is 0. The Morgan fingerprint density at radius 1 is 0.903 bits per heavy atom. The van der Waals surface area contributed by atoms with Crippen molar-refractivity contribution < 1.29 is 27.6 Å². The van der Waals surface area contributed by atoms with Gasteiger partial charge in [0.1, 0.15) is 0 Å². The largest absolute Gasteiger partial charge is 0.418 e. The summed E-state index contributed by atoms with van der Waals surface area (Å²) in [6.07, 6.45) is -1.69. The minimum atomic E-state index is -4.60. The maximum absolute atomic E-state index is 13.1. The summed E-state index contributed by atoms with van der Waals surface area (Å²) in [6, 6.07) is 10.5. The molecule has 0 radical (unpaired) electrons. The second kappa shape index (κ2) is 6.93. The molecule has 0 spiro atoms. The van der Waals surface area contributed by atoms with Crippen molar-refractivity contribution >= 4 is 29.1 Å². The van der Waals surface area contributed by atoms with E-state index in [9.17, 15) is 27.6 Å². The van der Waals surface area contributed by atoms with Crippen molar-refractivity contribution in [2.45, 2.75) is 25.4 Å². The van der Waals surface area contributed by atoms with E-state index < -0.39 is 17.6 Å². The van der Waals surface area contributed by atoms with Crippen LogP contribution in [-0.4, -0.2) is 17.7 Å². The molecule has 31 heavy (non-hydrogen) atoms. The Kier molecular flexibility index (Phi) is 4.42. The van der Waals surface area contributed by atoms with E-state index in [1.54, 1.807) is 0 Å². The highest BCUT2D eigenvalue weighted by Gasteiger charge is 2.61. The van der Waals surface area contributed by atoms with Crippen molar-refractivity contribution in [1.29, 1.82) is 0 Å². The molecule has 160 valence electrons. The van der Waals surface area contributed by atoms with Gasteiger partial charge in [-0.15, -0.1) is 0 Å². The van der Waals surface area contributed by atoms with Crippen LogP contribution < -0.4 is 10.2 Å². The number of rotatable bonds is 3. The van der Waals surface area contributed by atoms with Gasteiger partial charge in [-0.1, -0.05) is 12.1 Å². The van der Waals surface area contributed by atoms with Gasteiger partial charge in [-0.2, -0.15) is 13.2 Å². The second-order valence-corrected chi connectivity index (χ2v) is 8.44. The van der Waals surface area contributed by atoms with E-state index in [-0.39, 0.29) is 46.7 Å². The fraction of sp³-hybridized carbons (Fsp3) is 0.348. The van der Waals surface area contributed by atoms with Crippen LogP contribution in [0.25, 0.3) is 0 Å². The normalized spacial score (nSPS) is 27.0. The van der Waals surface area contributed by atoms with Gasteiger partial charge in [0.05, 0.1) is 28.8 Å². The average Bonchev–Trinajstić information content (AvgIpc) is 3.41. The zero-order valence-electron chi connectivity index (χ0n) is 16.4. The second-order valence-electron chi connectivity index (χ2n) is 8.44. The van der Waals surface area contributed by atoms with Crippen molar-refractivity contribution in [3.63, 3.8) is 0 Å². The topological polar surface area (TPSA) is 66.5 Å². The molecule has 3 fully saturated rings. The molecule has 2 aromatic carbocycles. The van der Waals surface area contributed by atoms with Crippen LogP contribution in [0.4, 0.5) is 24.5 Å². The molecule has 2 saturated carbocycles. The molecule has 3 aliphatic rings. The number of benzene rings is 2. The lowest BCUT2D eigenvalue weighted by molar-refractivity contribution is -0.137. The number of anilines is 2. The summed E-state index contributed by atoms with van der Waals surface area (Å²) in [7, 11) is 0. The number of imide groups is 1. The highest BCUT2D eigenvalue weighted by Crippen LogP contribution is 2.56. The monoisotopic (exact) mass is 428 g/mol.